The molecule has 1 amide bonds. The van der Waals surface area contributed by atoms with E-state index in [1.165, 1.54) is 0 Å². The molecule has 0 radical (unpaired) electrons. The maximum Gasteiger partial charge on any atom is 0.327 e. The second kappa shape index (κ2) is 11.7. The highest BCUT2D eigenvalue weighted by atomic mass is 32.2. The van der Waals surface area contributed by atoms with E-state index >= 15 is 0 Å². The number of rotatable bonds is 10. The van der Waals surface area contributed by atoms with Crippen molar-refractivity contribution in [2.24, 2.45) is 46.3 Å². The van der Waals surface area contributed by atoms with E-state index in [1.807, 2.05) is 0 Å². The molecule has 216 valence electrons. The molecule has 11 atom stereocenters. The first kappa shape index (κ1) is 29.7. The molecule has 4 saturated carbocycles. The normalized spacial score (nSPS) is 41.8. The van der Waals surface area contributed by atoms with Crippen molar-refractivity contribution in [2.75, 3.05) is 11.5 Å². The maximum absolute atomic E-state index is 12.6. The number of aliphatic carboxylic acids is 2. The Bertz CT molecular complexity index is 900. The number of carbonyl (C=O) groups is 3. The maximum atomic E-state index is 12.6. The number of thioether (sulfide) groups is 1. The lowest BCUT2D eigenvalue weighted by Crippen LogP contribution is -2.58. The van der Waals surface area contributed by atoms with Gasteiger partial charge in [0.15, 0.2) is 0 Å². The number of fused-ring (bicyclic) bond motifs is 5. The summed E-state index contributed by atoms with van der Waals surface area (Å²) in [6.07, 6.45) is 8.42. The summed E-state index contributed by atoms with van der Waals surface area (Å²) < 4.78 is 0. The van der Waals surface area contributed by atoms with Gasteiger partial charge >= 0.3 is 11.9 Å². The Kier molecular flexibility index (Phi) is 9.10. The van der Waals surface area contributed by atoms with Crippen molar-refractivity contribution in [3.05, 3.63) is 0 Å². The minimum atomic E-state index is -1.15. The average Bonchev–Trinajstić information content (AvgIpc) is 3.20. The zero-order chi connectivity index (χ0) is 27.8. The van der Waals surface area contributed by atoms with E-state index < -0.39 is 18.0 Å². The molecular weight excluding hydrogens is 506 g/mol. The summed E-state index contributed by atoms with van der Waals surface area (Å²) in [5.74, 6) is -0.164. The molecule has 0 aromatic heterocycles. The zero-order valence-corrected chi connectivity index (χ0v) is 23.9. The fraction of sp³-hybridized carbons (Fsp3) is 0.897. The van der Waals surface area contributed by atoms with Crippen molar-refractivity contribution >= 4 is 29.6 Å². The second-order valence-electron chi connectivity index (χ2n) is 13.3. The number of carboxylic acids is 2. The van der Waals surface area contributed by atoms with Crippen molar-refractivity contribution in [2.45, 2.75) is 103 Å². The zero-order valence-electron chi connectivity index (χ0n) is 23.1. The first-order valence-electron chi connectivity index (χ1n) is 14.5. The molecule has 0 saturated heterocycles. The molecule has 0 aromatic carbocycles. The van der Waals surface area contributed by atoms with E-state index in [4.69, 9.17) is 5.11 Å². The van der Waals surface area contributed by atoms with Gasteiger partial charge in [-0.1, -0.05) is 20.8 Å². The topological polar surface area (TPSA) is 144 Å². The third kappa shape index (κ3) is 5.75. The second-order valence-corrected chi connectivity index (χ2v) is 14.4. The lowest BCUT2D eigenvalue weighted by atomic mass is 9.43. The van der Waals surface area contributed by atoms with Gasteiger partial charge < -0.3 is 25.7 Å². The fourth-order valence-corrected chi connectivity index (χ4v) is 10.2. The van der Waals surface area contributed by atoms with E-state index in [0.29, 0.717) is 41.9 Å². The van der Waals surface area contributed by atoms with E-state index in [-0.39, 0.29) is 46.9 Å². The molecule has 4 aliphatic rings. The third-order valence-corrected chi connectivity index (χ3v) is 12.4. The minimum absolute atomic E-state index is 0.0227. The predicted molar refractivity (Wildman–Crippen MR) is 146 cm³/mol. The average molecular weight is 554 g/mol. The molecule has 5 N–H and O–H groups in total. The Labute approximate surface area is 230 Å². The SMILES string of the molecule is C[C@H](CCC(=O)N[C@@H](CSCC(=O)O)C(=O)O)[C@H]1CCC2C3C(CC[C@@]21C)[C@@]1(C)CC[C@@H](O)C[C@H]1C[C@@H]3O. The fourth-order valence-electron chi connectivity index (χ4n) is 9.44. The molecule has 0 heterocycles. The number of amides is 1. The van der Waals surface area contributed by atoms with Crippen molar-refractivity contribution in [1.29, 1.82) is 0 Å². The van der Waals surface area contributed by atoms with E-state index in [0.717, 1.165) is 63.1 Å². The summed E-state index contributed by atoms with van der Waals surface area (Å²) in [7, 11) is 0. The highest BCUT2D eigenvalue weighted by Gasteiger charge is 2.62. The van der Waals surface area contributed by atoms with Crippen molar-refractivity contribution in [3.8, 4) is 0 Å². The van der Waals surface area contributed by atoms with Crippen LogP contribution in [0.25, 0.3) is 0 Å². The highest BCUT2D eigenvalue weighted by molar-refractivity contribution is 8.00. The van der Waals surface area contributed by atoms with Gasteiger partial charge in [-0.3, -0.25) is 9.59 Å². The van der Waals surface area contributed by atoms with Crippen LogP contribution in [-0.2, 0) is 14.4 Å². The number of nitrogens with one attached hydrogen (secondary N) is 1. The van der Waals surface area contributed by atoms with Gasteiger partial charge in [0.05, 0.1) is 18.0 Å². The molecule has 0 bridgehead atoms. The van der Waals surface area contributed by atoms with E-state index in [1.54, 1.807) is 0 Å². The Hall–Kier alpha value is -1.32. The van der Waals surface area contributed by atoms with Crippen LogP contribution in [0.15, 0.2) is 0 Å². The summed E-state index contributed by atoms with van der Waals surface area (Å²) in [4.78, 5) is 34.8. The Balaban J connectivity index is 1.35. The van der Waals surface area contributed by atoms with Crippen LogP contribution in [0.5, 0.6) is 0 Å². The molecule has 38 heavy (non-hydrogen) atoms. The van der Waals surface area contributed by atoms with Gasteiger partial charge in [0.25, 0.3) is 0 Å². The van der Waals surface area contributed by atoms with Crippen LogP contribution >= 0.6 is 11.8 Å². The van der Waals surface area contributed by atoms with Gasteiger partial charge in [0.2, 0.25) is 5.91 Å². The number of aliphatic hydroxyl groups excluding tert-OH is 2. The predicted octanol–water partition coefficient (Wildman–Crippen LogP) is 3.78. The first-order chi connectivity index (χ1) is 17.9. The highest BCUT2D eigenvalue weighted by Crippen LogP contribution is 2.68. The molecule has 9 heteroatoms. The van der Waals surface area contributed by atoms with E-state index in [9.17, 15) is 29.7 Å². The molecular formula is C29H47NO7S. The van der Waals surface area contributed by atoms with Crippen molar-refractivity contribution in [1.82, 2.24) is 5.32 Å². The number of hydrogen-bond donors (Lipinski definition) is 5. The lowest BCUT2D eigenvalue weighted by molar-refractivity contribution is -0.174. The minimum Gasteiger partial charge on any atom is -0.481 e. The van der Waals surface area contributed by atoms with Crippen molar-refractivity contribution < 1.29 is 34.8 Å². The van der Waals surface area contributed by atoms with Gasteiger partial charge in [-0.05, 0) is 104 Å². The van der Waals surface area contributed by atoms with Crippen LogP contribution in [0.3, 0.4) is 0 Å². The number of aliphatic hydroxyl groups is 2. The third-order valence-electron chi connectivity index (χ3n) is 11.4. The monoisotopic (exact) mass is 553 g/mol. The molecule has 0 spiro atoms. The summed E-state index contributed by atoms with van der Waals surface area (Å²) in [5, 5.41) is 42.5. The summed E-state index contributed by atoms with van der Waals surface area (Å²) >= 11 is 0.984. The largest absolute Gasteiger partial charge is 0.481 e. The smallest absolute Gasteiger partial charge is 0.327 e. The van der Waals surface area contributed by atoms with Crippen LogP contribution < -0.4 is 5.32 Å². The van der Waals surface area contributed by atoms with Gasteiger partial charge in [0.1, 0.15) is 6.04 Å². The van der Waals surface area contributed by atoms with Crippen LogP contribution in [0.1, 0.15) is 85.0 Å². The molecule has 0 aromatic rings. The van der Waals surface area contributed by atoms with Crippen LogP contribution in [0.2, 0.25) is 0 Å². The number of hydrogen-bond acceptors (Lipinski definition) is 6. The molecule has 0 aliphatic heterocycles. The Morgan fingerprint density at radius 1 is 0.974 bits per heavy atom. The molecule has 4 rings (SSSR count). The molecule has 3 unspecified atom stereocenters. The summed E-state index contributed by atoms with van der Waals surface area (Å²) in [5.41, 5.74) is 0.335. The summed E-state index contributed by atoms with van der Waals surface area (Å²) in [6, 6.07) is -1.09. The summed E-state index contributed by atoms with van der Waals surface area (Å²) in [6.45, 7) is 7.05. The lowest BCUT2D eigenvalue weighted by Gasteiger charge is -2.62. The van der Waals surface area contributed by atoms with Gasteiger partial charge in [-0.15, -0.1) is 11.8 Å². The molecule has 4 fully saturated rings. The van der Waals surface area contributed by atoms with Gasteiger partial charge in [-0.25, -0.2) is 4.79 Å². The van der Waals surface area contributed by atoms with E-state index in [2.05, 4.69) is 26.1 Å². The Morgan fingerprint density at radius 2 is 1.66 bits per heavy atom. The standard InChI is InChI=1S/C29H47NO7S/c1-16(4-7-24(33)30-22(27(36)37)14-38-15-25(34)35)19-5-6-20-26-21(9-11-29(19,20)3)28(2)10-8-18(31)12-17(28)13-23(26)32/h16-23,26,31-32H,4-15H2,1-3H3,(H,30,33)(H,34,35)(H,36,37)/t16-,17+,18-,19-,20?,21?,22+,23+,26?,28+,29-/m1/s1. The van der Waals surface area contributed by atoms with Crippen LogP contribution in [0.4, 0.5) is 0 Å². The molecule has 8 nitrogen and oxygen atoms in total. The van der Waals surface area contributed by atoms with Gasteiger partial charge in [0, 0.05) is 12.2 Å². The first-order valence-corrected chi connectivity index (χ1v) is 15.7. The van der Waals surface area contributed by atoms with Gasteiger partial charge in [-0.2, -0.15) is 0 Å². The molecule has 4 aliphatic carbocycles. The van der Waals surface area contributed by atoms with Crippen LogP contribution in [-0.4, -0.2) is 68.0 Å². The quantitative estimate of drug-likeness (QED) is 0.275. The Morgan fingerprint density at radius 3 is 2.34 bits per heavy atom. The van der Waals surface area contributed by atoms with Crippen molar-refractivity contribution in [3.63, 3.8) is 0 Å². The van der Waals surface area contributed by atoms with Crippen LogP contribution in [0, 0.1) is 46.3 Å². The number of carbonyl (C=O) groups excluding carboxylic acids is 1. The number of carboxylic acid groups (broad SMARTS) is 2.